The van der Waals surface area contributed by atoms with Crippen LogP contribution in [0.1, 0.15) is 27.3 Å². The maximum absolute atomic E-state index is 12.0. The molecule has 1 amide bonds. The molecular formula is C14H16BF4N3O. The molecule has 2 rings (SSSR count). The molecule has 0 aliphatic carbocycles. The molecule has 0 bridgehead atoms. The van der Waals surface area contributed by atoms with Crippen LogP contribution in [0.4, 0.5) is 17.3 Å². The van der Waals surface area contributed by atoms with E-state index in [1.165, 1.54) is 5.56 Å². The number of pyridine rings is 2. The molecule has 23 heavy (non-hydrogen) atoms. The van der Waals surface area contributed by atoms with Gasteiger partial charge in [-0.15, -0.1) is 5.43 Å². The molecule has 9 heteroatoms. The smallest absolute Gasteiger partial charge is 0.418 e. The second kappa shape index (κ2) is 7.71. The molecule has 2 aromatic heterocycles. The molecule has 0 unspecified atom stereocenters. The van der Waals surface area contributed by atoms with Crippen LogP contribution >= 0.6 is 0 Å². The second-order valence-corrected chi connectivity index (χ2v) is 4.82. The number of hydrogen-bond donors (Lipinski definition) is 1. The average Bonchev–Trinajstić information content (AvgIpc) is 2.41. The van der Waals surface area contributed by atoms with Crippen LogP contribution in [0.15, 0.2) is 36.7 Å². The topological polar surface area (TPSA) is 45.9 Å². The summed E-state index contributed by atoms with van der Waals surface area (Å²) in [5.41, 5.74) is 6.64. The van der Waals surface area contributed by atoms with Crippen molar-refractivity contribution in [2.24, 2.45) is 0 Å². The number of hydrogen-bond acceptors (Lipinski definition) is 2. The Morgan fingerprint density at radius 2 is 1.48 bits per heavy atom. The number of nitrogens with zero attached hydrogens (tertiary/aromatic N) is 2. The van der Waals surface area contributed by atoms with Crippen molar-refractivity contribution in [1.82, 2.24) is 4.98 Å². The van der Waals surface area contributed by atoms with Crippen LogP contribution < -0.4 is 10.1 Å². The van der Waals surface area contributed by atoms with Crippen molar-refractivity contribution in [3.8, 4) is 0 Å². The van der Waals surface area contributed by atoms with Gasteiger partial charge in [0, 0.05) is 43.9 Å². The van der Waals surface area contributed by atoms with Crippen LogP contribution in [-0.4, -0.2) is 18.1 Å². The van der Waals surface area contributed by atoms with Gasteiger partial charge in [-0.25, -0.2) is 0 Å². The lowest BCUT2D eigenvalue weighted by Crippen LogP contribution is -2.52. The zero-order valence-corrected chi connectivity index (χ0v) is 12.9. The highest BCUT2D eigenvalue weighted by Crippen LogP contribution is 2.06. The van der Waals surface area contributed by atoms with E-state index in [9.17, 15) is 22.1 Å². The molecule has 0 saturated carbocycles. The van der Waals surface area contributed by atoms with Gasteiger partial charge in [0.25, 0.3) is 0 Å². The summed E-state index contributed by atoms with van der Waals surface area (Å²) in [7, 11) is -6.00. The van der Waals surface area contributed by atoms with Crippen molar-refractivity contribution in [2.45, 2.75) is 20.8 Å². The molecule has 0 spiro atoms. The maximum Gasteiger partial charge on any atom is 0.673 e. The fourth-order valence-electron chi connectivity index (χ4n) is 1.95. The van der Waals surface area contributed by atoms with E-state index in [4.69, 9.17) is 0 Å². The molecule has 0 aliphatic rings. The Labute approximate surface area is 131 Å². The molecule has 2 heterocycles. The van der Waals surface area contributed by atoms with Gasteiger partial charge in [0.2, 0.25) is 11.4 Å². The molecule has 0 saturated heterocycles. The van der Waals surface area contributed by atoms with Gasteiger partial charge >= 0.3 is 13.2 Å². The zero-order valence-electron chi connectivity index (χ0n) is 12.9. The van der Waals surface area contributed by atoms with E-state index in [1.54, 1.807) is 29.2 Å². The van der Waals surface area contributed by atoms with Gasteiger partial charge in [0.05, 0.1) is 0 Å². The van der Waals surface area contributed by atoms with Gasteiger partial charge in [-0.05, 0) is 24.6 Å². The molecule has 0 fully saturated rings. The van der Waals surface area contributed by atoms with E-state index in [2.05, 4.69) is 10.4 Å². The molecule has 1 N–H and O–H groups in total. The number of carbonyl (C=O) groups is 1. The van der Waals surface area contributed by atoms with Crippen molar-refractivity contribution in [2.75, 3.05) is 5.43 Å². The van der Waals surface area contributed by atoms with E-state index in [0.29, 0.717) is 5.56 Å². The minimum atomic E-state index is -6.00. The fraction of sp³-hybridized carbons (Fsp3) is 0.214. The third-order valence-corrected chi connectivity index (χ3v) is 2.73. The molecule has 124 valence electrons. The molecule has 0 atom stereocenters. The van der Waals surface area contributed by atoms with Crippen molar-refractivity contribution in [3.05, 3.63) is 59.2 Å². The number of aryl methyl sites for hydroxylation is 3. The standard InChI is InChI=1S/C14H15N3O.BF4/c1-10-8-11(2)17(12(3)9-10)16-14(18)13-4-6-15-7-5-13;2-1(3,4)5/h4-9H,1-3H3;/q;-1/p+1. The van der Waals surface area contributed by atoms with Crippen molar-refractivity contribution in [1.29, 1.82) is 0 Å². The second-order valence-electron chi connectivity index (χ2n) is 4.82. The van der Waals surface area contributed by atoms with E-state index in [0.717, 1.165) is 11.4 Å². The van der Waals surface area contributed by atoms with E-state index >= 15 is 0 Å². The number of rotatable bonds is 2. The summed E-state index contributed by atoms with van der Waals surface area (Å²) in [6.07, 6.45) is 3.21. The first-order valence-electron chi connectivity index (χ1n) is 6.66. The third-order valence-electron chi connectivity index (χ3n) is 2.73. The van der Waals surface area contributed by atoms with Gasteiger partial charge in [-0.1, -0.05) is 4.68 Å². The number of aromatic nitrogens is 2. The van der Waals surface area contributed by atoms with Gasteiger partial charge in [0.1, 0.15) is 0 Å². The van der Waals surface area contributed by atoms with E-state index in [1.807, 2.05) is 32.9 Å². The summed E-state index contributed by atoms with van der Waals surface area (Å²) in [4.78, 5) is 15.9. The molecule has 4 nitrogen and oxygen atoms in total. The lowest BCUT2D eigenvalue weighted by Gasteiger charge is -2.05. The first-order valence-corrected chi connectivity index (χ1v) is 6.66. The lowest BCUT2D eigenvalue weighted by atomic mass is 10.2. The van der Waals surface area contributed by atoms with Gasteiger partial charge < -0.3 is 17.3 Å². The Morgan fingerprint density at radius 1 is 1.04 bits per heavy atom. The van der Waals surface area contributed by atoms with Crippen LogP contribution in [0.5, 0.6) is 0 Å². The maximum atomic E-state index is 12.0. The minimum Gasteiger partial charge on any atom is -0.418 e. The molecule has 2 aromatic rings. The first kappa shape index (κ1) is 18.6. The van der Waals surface area contributed by atoms with Crippen LogP contribution in [0.3, 0.4) is 0 Å². The van der Waals surface area contributed by atoms with Gasteiger partial charge in [-0.2, -0.15) is 0 Å². The van der Waals surface area contributed by atoms with Gasteiger partial charge in [0.15, 0.2) is 0 Å². The summed E-state index contributed by atoms with van der Waals surface area (Å²) in [6.45, 7) is 5.97. The van der Waals surface area contributed by atoms with Crippen molar-refractivity contribution >= 4 is 13.2 Å². The Hall–Kier alpha value is -2.45. The highest BCUT2D eigenvalue weighted by atomic mass is 19.5. The number of amides is 1. The highest BCUT2D eigenvalue weighted by Gasteiger charge is 2.20. The predicted octanol–water partition coefficient (Wildman–Crippen LogP) is 2.98. The molecule has 0 aliphatic heterocycles. The Bertz CT molecular complexity index is 648. The lowest BCUT2D eigenvalue weighted by molar-refractivity contribution is -0.654. The molecular weight excluding hydrogens is 313 g/mol. The number of carbonyl (C=O) groups excluding carboxylic acids is 1. The Kier molecular flexibility index (Phi) is 6.23. The summed E-state index contributed by atoms with van der Waals surface area (Å²) in [5, 5.41) is 0. The largest absolute Gasteiger partial charge is 0.673 e. The van der Waals surface area contributed by atoms with E-state index in [-0.39, 0.29) is 5.91 Å². The first-order chi connectivity index (χ1) is 10.6. The SMILES string of the molecule is Cc1cc(C)[n+](NC(=O)c2ccncc2)c(C)c1.F[B-](F)(F)F. The fourth-order valence-corrected chi connectivity index (χ4v) is 1.95. The number of nitrogens with one attached hydrogen (secondary N) is 1. The average molecular weight is 329 g/mol. The quantitative estimate of drug-likeness (QED) is 0.523. The van der Waals surface area contributed by atoms with Crippen LogP contribution in [-0.2, 0) is 0 Å². The van der Waals surface area contributed by atoms with Crippen LogP contribution in [0.2, 0.25) is 0 Å². The monoisotopic (exact) mass is 329 g/mol. The molecule has 0 radical (unpaired) electrons. The van der Waals surface area contributed by atoms with Gasteiger partial charge in [-0.3, -0.25) is 9.78 Å². The number of halogens is 4. The minimum absolute atomic E-state index is 0.141. The normalized spacial score (nSPS) is 10.6. The van der Waals surface area contributed by atoms with Crippen LogP contribution in [0, 0.1) is 20.8 Å². The van der Waals surface area contributed by atoms with Crippen molar-refractivity contribution < 1.29 is 26.7 Å². The summed E-state index contributed by atoms with van der Waals surface area (Å²) < 4.78 is 40.8. The Morgan fingerprint density at radius 3 is 1.91 bits per heavy atom. The summed E-state index contributed by atoms with van der Waals surface area (Å²) in [5.74, 6) is -0.141. The zero-order chi connectivity index (χ0) is 17.6. The molecule has 0 aromatic carbocycles. The predicted molar refractivity (Wildman–Crippen MR) is 79.0 cm³/mol. The summed E-state index contributed by atoms with van der Waals surface area (Å²) >= 11 is 0. The Balaban J connectivity index is 0.000000463. The van der Waals surface area contributed by atoms with E-state index < -0.39 is 7.25 Å². The van der Waals surface area contributed by atoms with Crippen LogP contribution in [0.25, 0.3) is 0 Å². The highest BCUT2D eigenvalue weighted by molar-refractivity contribution is 6.50. The third kappa shape index (κ3) is 6.90. The summed E-state index contributed by atoms with van der Waals surface area (Å²) in [6, 6.07) is 7.43. The van der Waals surface area contributed by atoms with Crippen molar-refractivity contribution in [3.63, 3.8) is 0 Å².